The highest BCUT2D eigenvalue weighted by atomic mass is 16.5. The van der Waals surface area contributed by atoms with Gasteiger partial charge in [0.2, 0.25) is 5.91 Å². The molecule has 2 heterocycles. The molecule has 6 nitrogen and oxygen atoms in total. The summed E-state index contributed by atoms with van der Waals surface area (Å²) in [7, 11) is 0. The summed E-state index contributed by atoms with van der Waals surface area (Å²) >= 11 is 0. The summed E-state index contributed by atoms with van der Waals surface area (Å²) in [6, 6.07) is 7.32. The van der Waals surface area contributed by atoms with Gasteiger partial charge in [0.15, 0.2) is 0 Å². The van der Waals surface area contributed by atoms with Crippen LogP contribution in [0.15, 0.2) is 48.8 Å². The number of amides is 1. The second-order valence-corrected chi connectivity index (χ2v) is 7.19. The number of hydrogen-bond donors (Lipinski definition) is 1. The summed E-state index contributed by atoms with van der Waals surface area (Å²) in [5, 5.41) is 2.92. The van der Waals surface area contributed by atoms with Crippen LogP contribution in [0.2, 0.25) is 0 Å². The van der Waals surface area contributed by atoms with Gasteiger partial charge in [-0.15, -0.1) is 0 Å². The van der Waals surface area contributed by atoms with Crippen LogP contribution < -0.4 is 5.32 Å². The molecule has 2 aliphatic rings. The molecule has 0 radical (unpaired) electrons. The summed E-state index contributed by atoms with van der Waals surface area (Å²) in [6.45, 7) is 6.69. The number of hydrogen-bond acceptors (Lipinski definition) is 5. The summed E-state index contributed by atoms with van der Waals surface area (Å²) in [5.41, 5.74) is 1.85. The van der Waals surface area contributed by atoms with E-state index >= 15 is 0 Å². The molecule has 0 aliphatic carbocycles. The van der Waals surface area contributed by atoms with Gasteiger partial charge in [-0.2, -0.15) is 0 Å². The number of rotatable bonds is 7. The van der Waals surface area contributed by atoms with E-state index in [2.05, 4.69) is 41.7 Å². The topological polar surface area (TPSA) is 61.9 Å². The quantitative estimate of drug-likeness (QED) is 0.733. The molecule has 1 aromatic carbocycles. The Morgan fingerprint density at radius 3 is 2.75 bits per heavy atom. The third-order valence-corrected chi connectivity index (χ3v) is 5.22. The summed E-state index contributed by atoms with van der Waals surface area (Å²) < 4.78 is 5.11. The maximum absolute atomic E-state index is 12.5. The molecule has 0 spiro atoms. The molecule has 0 saturated carbocycles. The van der Waals surface area contributed by atoms with Crippen LogP contribution in [0.1, 0.15) is 32.3 Å². The minimum absolute atomic E-state index is 0.104. The maximum atomic E-state index is 12.5. The Kier molecular flexibility index (Phi) is 6.87. The van der Waals surface area contributed by atoms with E-state index in [1.54, 1.807) is 0 Å². The number of allylic oxidation sites excluding steroid dienone is 2. The van der Waals surface area contributed by atoms with Gasteiger partial charge in [-0.3, -0.25) is 14.5 Å². The van der Waals surface area contributed by atoms with Gasteiger partial charge in [-0.25, -0.2) is 0 Å². The molecule has 0 aromatic heterocycles. The molecule has 1 fully saturated rings. The van der Waals surface area contributed by atoms with Gasteiger partial charge in [0, 0.05) is 31.2 Å². The smallest absolute Gasteiger partial charge is 0.323 e. The van der Waals surface area contributed by atoms with E-state index in [1.165, 1.54) is 0 Å². The molecule has 0 bridgehead atoms. The van der Waals surface area contributed by atoms with Crippen molar-refractivity contribution in [3.05, 3.63) is 54.4 Å². The van der Waals surface area contributed by atoms with Crippen LogP contribution in [-0.4, -0.2) is 47.4 Å². The number of benzene rings is 1. The summed E-state index contributed by atoms with van der Waals surface area (Å²) in [4.78, 5) is 28.6. The van der Waals surface area contributed by atoms with Gasteiger partial charge in [0.25, 0.3) is 0 Å². The van der Waals surface area contributed by atoms with Crippen LogP contribution in [0.4, 0.5) is 5.69 Å². The van der Waals surface area contributed by atoms with Gasteiger partial charge in [-0.05, 0) is 36.6 Å². The predicted molar refractivity (Wildman–Crippen MR) is 109 cm³/mol. The zero-order chi connectivity index (χ0) is 19.9. The molecular formula is C22H29N3O3. The van der Waals surface area contributed by atoms with Gasteiger partial charge in [0.05, 0.1) is 6.42 Å². The molecule has 1 unspecified atom stereocenters. The van der Waals surface area contributed by atoms with E-state index in [9.17, 15) is 9.59 Å². The second-order valence-electron chi connectivity index (χ2n) is 7.19. The first-order valence-electron chi connectivity index (χ1n) is 10.0. The standard InChI is InChI=1S/C22H29N3O3/c1-3-17-8-10-24(11-9-17)16-18-6-5-7-19(14-18)23-21(26)15-20-22(27)28-13-12-25(20)4-2/h5-11,14,17,20H,3-4,12-13,15-16H2,1-2H3,(H,23,26). The Morgan fingerprint density at radius 2 is 2.04 bits per heavy atom. The molecule has 1 aromatic rings. The lowest BCUT2D eigenvalue weighted by Crippen LogP contribution is -2.50. The molecule has 6 heteroatoms. The molecular weight excluding hydrogens is 354 g/mol. The van der Waals surface area contributed by atoms with Crippen molar-refractivity contribution in [2.45, 2.75) is 39.3 Å². The van der Waals surface area contributed by atoms with E-state index in [1.807, 2.05) is 36.1 Å². The monoisotopic (exact) mass is 383 g/mol. The number of carbonyl (C=O) groups is 2. The summed E-state index contributed by atoms with van der Waals surface area (Å²) in [6.07, 6.45) is 9.82. The number of likely N-dealkylation sites (N-methyl/N-ethyl adjacent to an activating group) is 1. The minimum Gasteiger partial charge on any atom is -0.463 e. The van der Waals surface area contributed by atoms with Crippen LogP contribution in [0.25, 0.3) is 0 Å². The molecule has 2 aliphatic heterocycles. The highest BCUT2D eigenvalue weighted by Crippen LogP contribution is 2.19. The van der Waals surface area contributed by atoms with Crippen molar-refractivity contribution in [1.82, 2.24) is 9.80 Å². The average molecular weight is 383 g/mol. The van der Waals surface area contributed by atoms with Gasteiger partial charge in [0.1, 0.15) is 12.6 Å². The second kappa shape index (κ2) is 9.55. The van der Waals surface area contributed by atoms with E-state index in [-0.39, 0.29) is 18.3 Å². The number of nitrogens with zero attached hydrogens (tertiary/aromatic N) is 2. The zero-order valence-electron chi connectivity index (χ0n) is 16.6. The predicted octanol–water partition coefficient (Wildman–Crippen LogP) is 3.13. The van der Waals surface area contributed by atoms with Crippen molar-refractivity contribution < 1.29 is 14.3 Å². The Morgan fingerprint density at radius 1 is 1.25 bits per heavy atom. The largest absolute Gasteiger partial charge is 0.463 e. The van der Waals surface area contributed by atoms with E-state index in [0.717, 1.165) is 30.8 Å². The zero-order valence-corrected chi connectivity index (χ0v) is 16.6. The first-order valence-corrected chi connectivity index (χ1v) is 10.0. The Hall–Kier alpha value is -2.60. The number of cyclic esters (lactones) is 1. The average Bonchev–Trinajstić information content (AvgIpc) is 2.70. The lowest BCUT2D eigenvalue weighted by atomic mass is 10.0. The lowest BCUT2D eigenvalue weighted by Gasteiger charge is -2.32. The molecule has 150 valence electrons. The van der Waals surface area contributed by atoms with Crippen LogP contribution >= 0.6 is 0 Å². The first-order chi connectivity index (χ1) is 13.6. The molecule has 1 saturated heterocycles. The highest BCUT2D eigenvalue weighted by molar-refractivity contribution is 5.94. The van der Waals surface area contributed by atoms with Crippen molar-refractivity contribution in [3.8, 4) is 0 Å². The number of anilines is 1. The molecule has 3 rings (SSSR count). The SMILES string of the molecule is CCC1C=CN(Cc2cccc(NC(=O)CC3C(=O)OCCN3CC)c2)C=C1. The van der Waals surface area contributed by atoms with Crippen molar-refractivity contribution in [1.29, 1.82) is 0 Å². The summed E-state index contributed by atoms with van der Waals surface area (Å²) in [5.74, 6) is 0.0186. The van der Waals surface area contributed by atoms with Crippen LogP contribution in [0, 0.1) is 5.92 Å². The number of ether oxygens (including phenoxy) is 1. The van der Waals surface area contributed by atoms with Gasteiger partial charge < -0.3 is 15.0 Å². The maximum Gasteiger partial charge on any atom is 0.323 e. The number of carbonyl (C=O) groups excluding carboxylic acids is 2. The Balaban J connectivity index is 1.57. The number of esters is 1. The van der Waals surface area contributed by atoms with Crippen molar-refractivity contribution in [3.63, 3.8) is 0 Å². The third kappa shape index (κ3) is 5.23. The van der Waals surface area contributed by atoms with Crippen molar-refractivity contribution in [2.24, 2.45) is 5.92 Å². The molecule has 28 heavy (non-hydrogen) atoms. The molecule has 1 N–H and O–H groups in total. The minimum atomic E-state index is -0.503. The van der Waals surface area contributed by atoms with E-state index in [0.29, 0.717) is 19.1 Å². The van der Waals surface area contributed by atoms with Crippen molar-refractivity contribution in [2.75, 3.05) is 25.0 Å². The van der Waals surface area contributed by atoms with Crippen LogP contribution in [-0.2, 0) is 20.9 Å². The Labute approximate surface area is 166 Å². The van der Waals surface area contributed by atoms with Gasteiger partial charge >= 0.3 is 5.97 Å². The fraction of sp³-hybridized carbons (Fsp3) is 0.455. The number of nitrogens with one attached hydrogen (secondary N) is 1. The highest BCUT2D eigenvalue weighted by Gasteiger charge is 2.32. The normalized spacial score (nSPS) is 20.3. The fourth-order valence-electron chi connectivity index (χ4n) is 3.54. The molecule has 1 amide bonds. The van der Waals surface area contributed by atoms with Crippen LogP contribution in [0.3, 0.4) is 0 Å². The van der Waals surface area contributed by atoms with E-state index in [4.69, 9.17) is 4.74 Å². The van der Waals surface area contributed by atoms with Crippen LogP contribution in [0.5, 0.6) is 0 Å². The number of morpholine rings is 1. The lowest BCUT2D eigenvalue weighted by molar-refractivity contribution is -0.158. The van der Waals surface area contributed by atoms with E-state index < -0.39 is 6.04 Å². The Bertz CT molecular complexity index is 745. The van der Waals surface area contributed by atoms with Crippen molar-refractivity contribution >= 4 is 17.6 Å². The fourth-order valence-corrected chi connectivity index (χ4v) is 3.54. The molecule has 1 atom stereocenters. The first kappa shape index (κ1) is 20.1. The van der Waals surface area contributed by atoms with Gasteiger partial charge in [-0.1, -0.05) is 38.1 Å². The third-order valence-electron chi connectivity index (χ3n) is 5.22.